The number of benzene rings is 1. The number of piperazine rings is 1. The molecular weight excluding hydrogens is 326 g/mol. The Hall–Kier alpha value is -0.550. The quantitative estimate of drug-likeness (QED) is 0.875. The van der Waals surface area contributed by atoms with Crippen LogP contribution in [0.5, 0.6) is 5.75 Å². The van der Waals surface area contributed by atoms with E-state index in [0.717, 1.165) is 31.7 Å². The molecule has 6 heteroatoms. The van der Waals surface area contributed by atoms with Crippen molar-refractivity contribution in [1.82, 2.24) is 10.2 Å². The number of nitrogens with zero attached hydrogens (tertiary/aromatic N) is 1. The van der Waals surface area contributed by atoms with E-state index in [-0.39, 0.29) is 30.6 Å². The first-order valence-electron chi connectivity index (χ1n) is 7.69. The molecule has 1 aromatic carbocycles. The molecule has 3 rings (SSSR count). The number of hydrogen-bond acceptors (Lipinski definition) is 3. The van der Waals surface area contributed by atoms with Crippen LogP contribution in [0.25, 0.3) is 0 Å². The predicted molar refractivity (Wildman–Crippen MR) is 91.7 cm³/mol. The SMILES string of the molecule is Cl.Cl.Oc1ccc([C@@H](C2CCCC2)N2CCNCC2)cc1F. The van der Waals surface area contributed by atoms with Crippen LogP contribution in [0.4, 0.5) is 4.39 Å². The van der Waals surface area contributed by atoms with E-state index in [1.165, 1.54) is 37.8 Å². The number of hydrogen-bond donors (Lipinski definition) is 2. The standard InChI is InChI=1S/C16H23FN2O.2ClH/c17-14-11-13(5-6-15(14)20)16(12-3-1-2-4-12)19-9-7-18-8-10-19;;/h5-6,11-12,16,18,20H,1-4,7-10H2;2*1H/t16-;;/m1../s1. The van der Waals surface area contributed by atoms with E-state index in [0.29, 0.717) is 12.0 Å². The highest BCUT2D eigenvalue weighted by Gasteiger charge is 2.32. The van der Waals surface area contributed by atoms with Crippen LogP contribution in [0.3, 0.4) is 0 Å². The fourth-order valence-electron chi connectivity index (χ4n) is 3.72. The summed E-state index contributed by atoms with van der Waals surface area (Å²) in [6.45, 7) is 4.04. The minimum Gasteiger partial charge on any atom is -0.505 e. The Bertz CT molecular complexity index is 463. The minimum absolute atomic E-state index is 0. The average molecular weight is 351 g/mol. The molecule has 1 aliphatic carbocycles. The van der Waals surface area contributed by atoms with Gasteiger partial charge in [0.05, 0.1) is 0 Å². The molecule has 0 amide bonds. The molecule has 1 saturated carbocycles. The predicted octanol–water partition coefficient (Wildman–Crippen LogP) is 3.51. The van der Waals surface area contributed by atoms with Gasteiger partial charge in [0.2, 0.25) is 0 Å². The fourth-order valence-corrected chi connectivity index (χ4v) is 3.72. The van der Waals surface area contributed by atoms with Crippen molar-refractivity contribution in [1.29, 1.82) is 0 Å². The third kappa shape index (κ3) is 4.25. The smallest absolute Gasteiger partial charge is 0.165 e. The van der Waals surface area contributed by atoms with E-state index in [9.17, 15) is 9.50 Å². The van der Waals surface area contributed by atoms with Gasteiger partial charge in [0.1, 0.15) is 0 Å². The molecule has 3 nitrogen and oxygen atoms in total. The monoisotopic (exact) mass is 350 g/mol. The largest absolute Gasteiger partial charge is 0.505 e. The normalized spacial score (nSPS) is 21.0. The average Bonchev–Trinajstić information content (AvgIpc) is 2.98. The molecular formula is C16H25Cl2FN2O. The van der Waals surface area contributed by atoms with Crippen molar-refractivity contribution in [2.75, 3.05) is 26.2 Å². The molecule has 126 valence electrons. The fraction of sp³-hybridized carbons (Fsp3) is 0.625. The number of phenolic OH excluding ortho intramolecular Hbond substituents is 1. The Balaban J connectivity index is 0.00000121. The maximum Gasteiger partial charge on any atom is 0.165 e. The highest BCUT2D eigenvalue weighted by molar-refractivity contribution is 5.85. The maximum absolute atomic E-state index is 13.7. The molecule has 1 aliphatic heterocycles. The summed E-state index contributed by atoms with van der Waals surface area (Å²) in [5.41, 5.74) is 1.02. The van der Waals surface area contributed by atoms with E-state index in [2.05, 4.69) is 10.2 Å². The van der Waals surface area contributed by atoms with Crippen LogP contribution in [-0.2, 0) is 0 Å². The Labute approximate surface area is 144 Å². The minimum atomic E-state index is -0.499. The molecule has 0 radical (unpaired) electrons. The summed E-state index contributed by atoms with van der Waals surface area (Å²) in [6.07, 6.45) is 5.04. The van der Waals surface area contributed by atoms with Gasteiger partial charge in [0.15, 0.2) is 11.6 Å². The van der Waals surface area contributed by atoms with Gasteiger partial charge in [-0.1, -0.05) is 18.9 Å². The van der Waals surface area contributed by atoms with Crippen LogP contribution in [-0.4, -0.2) is 36.2 Å². The van der Waals surface area contributed by atoms with E-state index < -0.39 is 5.82 Å². The van der Waals surface area contributed by atoms with Gasteiger partial charge in [-0.15, -0.1) is 24.8 Å². The lowest BCUT2D eigenvalue weighted by molar-refractivity contribution is 0.125. The van der Waals surface area contributed by atoms with E-state index >= 15 is 0 Å². The summed E-state index contributed by atoms with van der Waals surface area (Å²) in [4.78, 5) is 2.48. The topological polar surface area (TPSA) is 35.5 Å². The van der Waals surface area contributed by atoms with Crippen LogP contribution in [0, 0.1) is 11.7 Å². The van der Waals surface area contributed by atoms with Crippen molar-refractivity contribution >= 4 is 24.8 Å². The van der Waals surface area contributed by atoms with E-state index in [4.69, 9.17) is 0 Å². The second kappa shape index (κ2) is 8.92. The van der Waals surface area contributed by atoms with Crippen molar-refractivity contribution < 1.29 is 9.50 Å². The summed E-state index contributed by atoms with van der Waals surface area (Å²) in [7, 11) is 0. The van der Waals surface area contributed by atoms with Crippen molar-refractivity contribution in [3.63, 3.8) is 0 Å². The third-order valence-electron chi connectivity index (χ3n) is 4.70. The zero-order chi connectivity index (χ0) is 13.9. The Kier molecular flexibility index (Phi) is 7.90. The Morgan fingerprint density at radius 2 is 1.77 bits per heavy atom. The molecule has 2 fully saturated rings. The highest BCUT2D eigenvalue weighted by atomic mass is 35.5. The molecule has 0 unspecified atom stereocenters. The van der Waals surface area contributed by atoms with Gasteiger partial charge in [-0.05, 0) is 36.5 Å². The van der Waals surface area contributed by atoms with Crippen LogP contribution >= 0.6 is 24.8 Å². The number of aromatic hydroxyl groups is 1. The molecule has 2 N–H and O–H groups in total. The van der Waals surface area contributed by atoms with Crippen LogP contribution in [0.2, 0.25) is 0 Å². The maximum atomic E-state index is 13.7. The lowest BCUT2D eigenvalue weighted by Gasteiger charge is -2.38. The molecule has 0 aromatic heterocycles. The van der Waals surface area contributed by atoms with Gasteiger partial charge in [-0.2, -0.15) is 0 Å². The van der Waals surface area contributed by atoms with Crippen molar-refractivity contribution in [2.24, 2.45) is 5.92 Å². The number of nitrogens with one attached hydrogen (secondary N) is 1. The molecule has 1 aromatic rings. The second-order valence-electron chi connectivity index (χ2n) is 5.99. The Morgan fingerprint density at radius 1 is 1.14 bits per heavy atom. The highest BCUT2D eigenvalue weighted by Crippen LogP contribution is 2.40. The van der Waals surface area contributed by atoms with Gasteiger partial charge in [-0.25, -0.2) is 4.39 Å². The first-order valence-corrected chi connectivity index (χ1v) is 7.69. The molecule has 0 bridgehead atoms. The van der Waals surface area contributed by atoms with Gasteiger partial charge < -0.3 is 10.4 Å². The van der Waals surface area contributed by atoms with E-state index in [1.54, 1.807) is 0 Å². The first-order chi connectivity index (χ1) is 9.75. The molecule has 0 spiro atoms. The van der Waals surface area contributed by atoms with Gasteiger partial charge in [-0.3, -0.25) is 4.90 Å². The summed E-state index contributed by atoms with van der Waals surface area (Å²) in [5, 5.41) is 12.8. The van der Waals surface area contributed by atoms with Gasteiger partial charge >= 0.3 is 0 Å². The summed E-state index contributed by atoms with van der Waals surface area (Å²) in [6, 6.07) is 5.22. The molecule has 22 heavy (non-hydrogen) atoms. The van der Waals surface area contributed by atoms with Gasteiger partial charge in [0, 0.05) is 32.2 Å². The summed E-state index contributed by atoms with van der Waals surface area (Å²) in [5.74, 6) is -0.128. The molecule has 2 aliphatic rings. The zero-order valence-corrected chi connectivity index (χ0v) is 14.3. The summed E-state index contributed by atoms with van der Waals surface area (Å²) >= 11 is 0. The van der Waals surface area contributed by atoms with Gasteiger partial charge in [0.25, 0.3) is 0 Å². The third-order valence-corrected chi connectivity index (χ3v) is 4.70. The zero-order valence-electron chi connectivity index (χ0n) is 12.6. The van der Waals surface area contributed by atoms with Crippen LogP contribution in [0.15, 0.2) is 18.2 Å². The van der Waals surface area contributed by atoms with Crippen molar-refractivity contribution in [3.8, 4) is 5.75 Å². The molecule has 1 atom stereocenters. The van der Waals surface area contributed by atoms with Crippen molar-refractivity contribution in [3.05, 3.63) is 29.6 Å². The van der Waals surface area contributed by atoms with Crippen LogP contribution < -0.4 is 5.32 Å². The lowest BCUT2D eigenvalue weighted by Crippen LogP contribution is -2.46. The van der Waals surface area contributed by atoms with Crippen LogP contribution in [0.1, 0.15) is 37.3 Å². The van der Waals surface area contributed by atoms with Crippen molar-refractivity contribution in [2.45, 2.75) is 31.7 Å². The first kappa shape index (κ1) is 19.5. The lowest BCUT2D eigenvalue weighted by atomic mass is 9.89. The Morgan fingerprint density at radius 3 is 2.36 bits per heavy atom. The second-order valence-corrected chi connectivity index (χ2v) is 5.99. The molecule has 1 saturated heterocycles. The van der Waals surface area contributed by atoms with E-state index in [1.807, 2.05) is 6.07 Å². The number of phenols is 1. The number of halogens is 3. The summed E-state index contributed by atoms with van der Waals surface area (Å²) < 4.78 is 13.7. The number of rotatable bonds is 3. The molecule has 1 heterocycles.